The van der Waals surface area contributed by atoms with Crippen molar-refractivity contribution >= 4 is 39.9 Å². The van der Waals surface area contributed by atoms with E-state index in [1.54, 1.807) is 0 Å². The zero-order valence-corrected chi connectivity index (χ0v) is 14.5. The minimum atomic E-state index is -4.46. The average Bonchev–Trinajstić information content (AvgIpc) is 2.97. The molecule has 1 amide bonds. The number of rotatable bonds is 2. The highest BCUT2D eigenvalue weighted by atomic mass is 35.5. The highest BCUT2D eigenvalue weighted by Crippen LogP contribution is 2.40. The molecule has 9 heteroatoms. The molecule has 0 bridgehead atoms. The van der Waals surface area contributed by atoms with Gasteiger partial charge in [0.25, 0.3) is 5.91 Å². The number of nitrogens with one attached hydrogen (secondary N) is 2. The lowest BCUT2D eigenvalue weighted by Gasteiger charge is -2.23. The van der Waals surface area contributed by atoms with Crippen LogP contribution in [0.5, 0.6) is 0 Å². The van der Waals surface area contributed by atoms with Crippen molar-refractivity contribution in [3.8, 4) is 0 Å². The third kappa shape index (κ3) is 3.50. The van der Waals surface area contributed by atoms with Crippen molar-refractivity contribution in [1.29, 1.82) is 0 Å². The normalized spacial score (nSPS) is 16.0. The Balaban J connectivity index is 0.00000208. The van der Waals surface area contributed by atoms with Crippen LogP contribution in [-0.2, 0) is 6.18 Å². The molecule has 1 fully saturated rings. The molecule has 2 aromatic heterocycles. The van der Waals surface area contributed by atoms with E-state index in [4.69, 9.17) is 0 Å². The van der Waals surface area contributed by atoms with Gasteiger partial charge in [-0.3, -0.25) is 9.78 Å². The van der Waals surface area contributed by atoms with Crippen molar-refractivity contribution in [3.63, 3.8) is 0 Å². The number of pyridine rings is 1. The number of fused-ring (bicyclic) bond motifs is 1. The lowest BCUT2D eigenvalue weighted by atomic mass is 9.93. The van der Waals surface area contributed by atoms with Gasteiger partial charge in [0.05, 0.1) is 21.3 Å². The summed E-state index contributed by atoms with van der Waals surface area (Å²) in [5, 5.41) is 7.08. The maximum atomic E-state index is 13.4. The van der Waals surface area contributed by atoms with E-state index in [9.17, 15) is 18.0 Å². The first kappa shape index (κ1) is 19.0. The van der Waals surface area contributed by atoms with Gasteiger partial charge < -0.3 is 10.6 Å². The topological polar surface area (TPSA) is 54.0 Å². The van der Waals surface area contributed by atoms with E-state index in [0.717, 1.165) is 43.3 Å². The predicted octanol–water partition coefficient (Wildman–Crippen LogP) is 3.56. The van der Waals surface area contributed by atoms with Gasteiger partial charge in [-0.15, -0.1) is 23.7 Å². The summed E-state index contributed by atoms with van der Waals surface area (Å²) in [6.45, 7) is 1.52. The van der Waals surface area contributed by atoms with E-state index in [-0.39, 0.29) is 34.1 Å². The molecule has 0 aliphatic carbocycles. The van der Waals surface area contributed by atoms with Crippen LogP contribution in [0.15, 0.2) is 11.4 Å². The molecule has 132 valence electrons. The summed E-state index contributed by atoms with van der Waals surface area (Å²) in [4.78, 5) is 16.3. The van der Waals surface area contributed by atoms with Crippen LogP contribution in [0.4, 0.5) is 13.2 Å². The van der Waals surface area contributed by atoms with E-state index in [2.05, 4.69) is 15.6 Å². The lowest BCUT2D eigenvalue weighted by Crippen LogP contribution is -2.27. The predicted molar refractivity (Wildman–Crippen MR) is 90.1 cm³/mol. The standard InChI is InChI=1S/C15H16F3N3OS.ClH/c1-19-14(22)9-7-23-13-10(15(16,17)18)6-11(21-12(9)13)8-2-4-20-5-3-8;/h6-8,20H,2-5H2,1H3,(H,19,22);1H. The number of hydrogen-bond acceptors (Lipinski definition) is 4. The largest absolute Gasteiger partial charge is 0.417 e. The number of piperidine rings is 1. The number of carbonyl (C=O) groups excluding carboxylic acids is 1. The van der Waals surface area contributed by atoms with Crippen LogP contribution in [0, 0.1) is 0 Å². The van der Waals surface area contributed by atoms with Gasteiger partial charge in [0, 0.05) is 24.0 Å². The summed E-state index contributed by atoms with van der Waals surface area (Å²) in [5.41, 5.74) is 0.0811. The lowest BCUT2D eigenvalue weighted by molar-refractivity contribution is -0.136. The SMILES string of the molecule is CNC(=O)c1csc2c(C(F)(F)F)cc(C3CCNCC3)nc12.Cl. The summed E-state index contributed by atoms with van der Waals surface area (Å²) in [5.74, 6) is -0.432. The Bertz CT molecular complexity index is 741. The molecule has 0 aromatic carbocycles. The molecule has 1 saturated heterocycles. The number of nitrogens with zero attached hydrogens (tertiary/aromatic N) is 1. The third-order valence-corrected chi connectivity index (χ3v) is 5.08. The Kier molecular flexibility index (Phi) is 5.72. The summed E-state index contributed by atoms with van der Waals surface area (Å²) < 4.78 is 40.3. The molecule has 1 aliphatic heterocycles. The molecule has 1 aliphatic rings. The molecule has 2 N–H and O–H groups in total. The van der Waals surface area contributed by atoms with Crippen LogP contribution >= 0.6 is 23.7 Å². The zero-order chi connectivity index (χ0) is 16.6. The molecular weight excluding hydrogens is 363 g/mol. The van der Waals surface area contributed by atoms with Gasteiger partial charge in [0.2, 0.25) is 0 Å². The van der Waals surface area contributed by atoms with Crippen LogP contribution in [0.3, 0.4) is 0 Å². The first-order chi connectivity index (χ1) is 10.9. The molecule has 3 rings (SSSR count). The van der Waals surface area contributed by atoms with Crippen LogP contribution in [0.1, 0.15) is 40.4 Å². The maximum Gasteiger partial charge on any atom is 0.417 e. The second-order valence-corrected chi connectivity index (χ2v) is 6.40. The highest BCUT2D eigenvalue weighted by molar-refractivity contribution is 7.17. The Morgan fingerprint density at radius 1 is 1.38 bits per heavy atom. The fraction of sp³-hybridized carbons (Fsp3) is 0.467. The minimum Gasteiger partial charge on any atom is -0.355 e. The van der Waals surface area contributed by atoms with Crippen molar-refractivity contribution in [3.05, 3.63) is 28.3 Å². The van der Waals surface area contributed by atoms with E-state index in [1.165, 1.54) is 12.4 Å². The van der Waals surface area contributed by atoms with Gasteiger partial charge in [0.15, 0.2) is 0 Å². The number of halogens is 4. The number of carbonyl (C=O) groups is 1. The fourth-order valence-electron chi connectivity index (χ4n) is 2.86. The number of hydrogen-bond donors (Lipinski definition) is 2. The quantitative estimate of drug-likeness (QED) is 0.838. The number of thiophene rings is 1. The first-order valence-corrected chi connectivity index (χ1v) is 8.22. The minimum absolute atomic E-state index is 0. The molecule has 4 nitrogen and oxygen atoms in total. The third-order valence-electron chi connectivity index (χ3n) is 4.08. The Morgan fingerprint density at radius 3 is 2.62 bits per heavy atom. The van der Waals surface area contributed by atoms with Crippen molar-refractivity contribution in [2.45, 2.75) is 24.9 Å². The van der Waals surface area contributed by atoms with Crippen LogP contribution in [0.2, 0.25) is 0 Å². The summed E-state index contributed by atoms with van der Waals surface area (Å²) in [6.07, 6.45) is -2.97. The Hall–Kier alpha value is -1.38. The van der Waals surface area contributed by atoms with Gasteiger partial charge in [0.1, 0.15) is 0 Å². The first-order valence-electron chi connectivity index (χ1n) is 7.34. The number of aromatic nitrogens is 1. The van der Waals surface area contributed by atoms with Crippen molar-refractivity contribution in [2.75, 3.05) is 20.1 Å². The van der Waals surface area contributed by atoms with Crippen molar-refractivity contribution in [2.24, 2.45) is 0 Å². The molecule has 0 saturated carbocycles. The van der Waals surface area contributed by atoms with Gasteiger partial charge in [-0.05, 0) is 32.0 Å². The monoisotopic (exact) mass is 379 g/mol. The molecule has 0 radical (unpaired) electrons. The highest BCUT2D eigenvalue weighted by Gasteiger charge is 2.36. The van der Waals surface area contributed by atoms with E-state index in [1.807, 2.05) is 0 Å². The molecule has 2 aromatic rings. The molecular formula is C15H17ClF3N3OS. The summed E-state index contributed by atoms with van der Waals surface area (Å²) in [6, 6.07) is 1.16. The molecule has 24 heavy (non-hydrogen) atoms. The summed E-state index contributed by atoms with van der Waals surface area (Å²) >= 11 is 0.911. The maximum absolute atomic E-state index is 13.4. The number of alkyl halides is 3. The second kappa shape index (κ2) is 7.25. The second-order valence-electron chi connectivity index (χ2n) is 5.52. The Labute approximate surface area is 147 Å². The van der Waals surface area contributed by atoms with E-state index in [0.29, 0.717) is 5.69 Å². The fourth-order valence-corrected chi connectivity index (χ4v) is 3.88. The van der Waals surface area contributed by atoms with Crippen LogP contribution in [0.25, 0.3) is 10.2 Å². The van der Waals surface area contributed by atoms with E-state index < -0.39 is 17.6 Å². The van der Waals surface area contributed by atoms with Gasteiger partial charge >= 0.3 is 6.18 Å². The van der Waals surface area contributed by atoms with Gasteiger partial charge in [-0.1, -0.05) is 0 Å². The van der Waals surface area contributed by atoms with E-state index >= 15 is 0 Å². The molecule has 3 heterocycles. The van der Waals surface area contributed by atoms with Crippen LogP contribution in [-0.4, -0.2) is 31.0 Å². The van der Waals surface area contributed by atoms with Crippen LogP contribution < -0.4 is 10.6 Å². The number of amides is 1. The average molecular weight is 380 g/mol. The molecule has 0 unspecified atom stereocenters. The van der Waals surface area contributed by atoms with Gasteiger partial charge in [-0.25, -0.2) is 0 Å². The zero-order valence-electron chi connectivity index (χ0n) is 12.9. The van der Waals surface area contributed by atoms with Crippen molar-refractivity contribution < 1.29 is 18.0 Å². The van der Waals surface area contributed by atoms with Gasteiger partial charge in [-0.2, -0.15) is 13.2 Å². The smallest absolute Gasteiger partial charge is 0.355 e. The molecule has 0 spiro atoms. The van der Waals surface area contributed by atoms with Crippen molar-refractivity contribution in [1.82, 2.24) is 15.6 Å². The molecule has 0 atom stereocenters. The Morgan fingerprint density at radius 2 is 2.04 bits per heavy atom. The summed E-state index contributed by atoms with van der Waals surface area (Å²) in [7, 11) is 1.45.